The number of ether oxygens (including phenoxy) is 1. The third kappa shape index (κ3) is 4.51. The molecule has 0 aliphatic heterocycles. The minimum absolute atomic E-state index is 0.0609. The van der Waals surface area contributed by atoms with Crippen molar-refractivity contribution in [3.05, 3.63) is 32.3 Å². The molecule has 0 heterocycles. The van der Waals surface area contributed by atoms with Gasteiger partial charge >= 0.3 is 6.09 Å². The van der Waals surface area contributed by atoms with E-state index in [9.17, 15) is 14.9 Å². The topological polar surface area (TPSA) is 81.5 Å². The van der Waals surface area contributed by atoms with Crippen molar-refractivity contribution < 1.29 is 14.5 Å². The smallest absolute Gasteiger partial charge is 0.412 e. The van der Waals surface area contributed by atoms with Crippen LogP contribution in [0.15, 0.2) is 16.6 Å². The van der Waals surface area contributed by atoms with Crippen LogP contribution in [0, 0.1) is 17.0 Å². The zero-order valence-corrected chi connectivity index (χ0v) is 12.7. The van der Waals surface area contributed by atoms with Gasteiger partial charge in [-0.05, 0) is 49.7 Å². The number of nitrogens with one attached hydrogen (secondary N) is 1. The summed E-state index contributed by atoms with van der Waals surface area (Å²) >= 11 is 3.25. The standard InChI is InChI=1S/C12H15BrN2O4/c1-7-5-8(13)9(6-10(7)15(17)18)14-11(16)19-12(2,3)4/h5-6H,1-4H3,(H,14,16). The molecule has 0 bridgehead atoms. The lowest BCUT2D eigenvalue weighted by Crippen LogP contribution is -2.27. The van der Waals surface area contributed by atoms with Crippen LogP contribution in [0.3, 0.4) is 0 Å². The normalized spacial score (nSPS) is 11.0. The molecular formula is C12H15BrN2O4. The second-order valence-corrected chi connectivity index (χ2v) is 5.86. The highest BCUT2D eigenvalue weighted by molar-refractivity contribution is 9.10. The Hall–Kier alpha value is -1.63. The summed E-state index contributed by atoms with van der Waals surface area (Å²) in [5.41, 5.74) is 0.111. The summed E-state index contributed by atoms with van der Waals surface area (Å²) < 4.78 is 5.64. The molecular weight excluding hydrogens is 316 g/mol. The van der Waals surface area contributed by atoms with E-state index in [1.165, 1.54) is 6.07 Å². The lowest BCUT2D eigenvalue weighted by molar-refractivity contribution is -0.385. The monoisotopic (exact) mass is 330 g/mol. The van der Waals surface area contributed by atoms with Gasteiger partial charge in [-0.2, -0.15) is 0 Å². The highest BCUT2D eigenvalue weighted by Crippen LogP contribution is 2.30. The number of hydrogen-bond acceptors (Lipinski definition) is 4. The first-order chi connectivity index (χ1) is 8.60. The Labute approximate surface area is 119 Å². The van der Waals surface area contributed by atoms with Crippen LogP contribution in [0.2, 0.25) is 0 Å². The number of nitrogens with zero attached hydrogens (tertiary/aromatic N) is 1. The van der Waals surface area contributed by atoms with Crippen molar-refractivity contribution in [2.24, 2.45) is 0 Å². The molecule has 104 valence electrons. The molecule has 19 heavy (non-hydrogen) atoms. The molecule has 0 saturated carbocycles. The van der Waals surface area contributed by atoms with E-state index < -0.39 is 16.6 Å². The van der Waals surface area contributed by atoms with Crippen LogP contribution in [0.4, 0.5) is 16.2 Å². The fourth-order valence-electron chi connectivity index (χ4n) is 1.37. The molecule has 1 aromatic rings. The highest BCUT2D eigenvalue weighted by Gasteiger charge is 2.19. The lowest BCUT2D eigenvalue weighted by Gasteiger charge is -2.20. The zero-order valence-electron chi connectivity index (χ0n) is 11.1. The quantitative estimate of drug-likeness (QED) is 0.656. The van der Waals surface area contributed by atoms with Gasteiger partial charge < -0.3 is 4.74 Å². The number of nitro benzene ring substituents is 1. The number of amides is 1. The van der Waals surface area contributed by atoms with Crippen molar-refractivity contribution in [2.45, 2.75) is 33.3 Å². The lowest BCUT2D eigenvalue weighted by atomic mass is 10.2. The van der Waals surface area contributed by atoms with E-state index in [0.717, 1.165) is 0 Å². The van der Waals surface area contributed by atoms with E-state index in [4.69, 9.17) is 4.74 Å². The third-order valence-electron chi connectivity index (χ3n) is 2.12. The molecule has 0 saturated heterocycles. The Morgan fingerprint density at radius 3 is 2.47 bits per heavy atom. The molecule has 1 N–H and O–H groups in total. The summed E-state index contributed by atoms with van der Waals surface area (Å²) in [6.45, 7) is 6.83. The van der Waals surface area contributed by atoms with Gasteiger partial charge in [-0.25, -0.2) is 4.79 Å². The number of benzene rings is 1. The molecule has 0 aromatic heterocycles. The van der Waals surface area contributed by atoms with Gasteiger partial charge in [0.1, 0.15) is 5.60 Å². The van der Waals surface area contributed by atoms with Gasteiger partial charge in [0.15, 0.2) is 0 Å². The summed E-state index contributed by atoms with van der Waals surface area (Å²) in [5, 5.41) is 13.3. The second kappa shape index (κ2) is 5.56. The Morgan fingerprint density at radius 1 is 1.42 bits per heavy atom. The van der Waals surface area contributed by atoms with Gasteiger partial charge in [-0.3, -0.25) is 15.4 Å². The molecule has 0 unspecified atom stereocenters. The van der Waals surface area contributed by atoms with Crippen LogP contribution >= 0.6 is 15.9 Å². The Balaban J connectivity index is 2.99. The number of hydrogen-bond donors (Lipinski definition) is 1. The number of carbonyl (C=O) groups is 1. The van der Waals surface area contributed by atoms with Gasteiger partial charge in [0.05, 0.1) is 10.6 Å². The number of halogens is 1. The van der Waals surface area contributed by atoms with Crippen molar-refractivity contribution in [3.63, 3.8) is 0 Å². The average molecular weight is 331 g/mol. The number of anilines is 1. The van der Waals surface area contributed by atoms with E-state index in [0.29, 0.717) is 15.7 Å². The molecule has 1 amide bonds. The molecule has 0 spiro atoms. The van der Waals surface area contributed by atoms with E-state index in [1.807, 2.05) is 0 Å². The first kappa shape index (κ1) is 15.4. The molecule has 0 aliphatic rings. The van der Waals surface area contributed by atoms with Crippen LogP contribution in [-0.2, 0) is 4.74 Å². The molecule has 0 aliphatic carbocycles. The maximum atomic E-state index is 11.6. The minimum Gasteiger partial charge on any atom is -0.444 e. The number of rotatable bonds is 2. The van der Waals surface area contributed by atoms with E-state index in [1.54, 1.807) is 33.8 Å². The van der Waals surface area contributed by atoms with Gasteiger partial charge in [-0.15, -0.1) is 0 Å². The first-order valence-corrected chi connectivity index (χ1v) is 6.34. The summed E-state index contributed by atoms with van der Waals surface area (Å²) in [7, 11) is 0. The minimum atomic E-state index is -0.661. The average Bonchev–Trinajstić information content (AvgIpc) is 2.18. The predicted molar refractivity (Wildman–Crippen MR) is 75.4 cm³/mol. The van der Waals surface area contributed by atoms with Gasteiger partial charge in [0.2, 0.25) is 0 Å². The van der Waals surface area contributed by atoms with Gasteiger partial charge in [0.25, 0.3) is 5.69 Å². The van der Waals surface area contributed by atoms with Crippen molar-refractivity contribution in [1.82, 2.24) is 0 Å². The van der Waals surface area contributed by atoms with Crippen LogP contribution in [0.1, 0.15) is 26.3 Å². The van der Waals surface area contributed by atoms with Crippen molar-refractivity contribution >= 4 is 33.4 Å². The SMILES string of the molecule is Cc1cc(Br)c(NC(=O)OC(C)(C)C)cc1[N+](=O)[O-]. The van der Waals surface area contributed by atoms with Crippen LogP contribution in [0.5, 0.6) is 0 Å². The Kier molecular flexibility index (Phi) is 4.52. The molecule has 1 rings (SSSR count). The van der Waals surface area contributed by atoms with E-state index >= 15 is 0 Å². The second-order valence-electron chi connectivity index (χ2n) is 5.00. The molecule has 6 nitrogen and oxygen atoms in total. The number of nitro groups is 1. The van der Waals surface area contributed by atoms with Crippen molar-refractivity contribution in [2.75, 3.05) is 5.32 Å². The Bertz CT molecular complexity index is 523. The van der Waals surface area contributed by atoms with Gasteiger partial charge in [-0.1, -0.05) is 0 Å². The van der Waals surface area contributed by atoms with E-state index in [2.05, 4.69) is 21.2 Å². The third-order valence-corrected chi connectivity index (χ3v) is 2.77. The van der Waals surface area contributed by atoms with Crippen LogP contribution < -0.4 is 5.32 Å². The molecule has 7 heteroatoms. The maximum absolute atomic E-state index is 11.6. The van der Waals surface area contributed by atoms with Crippen molar-refractivity contribution in [1.29, 1.82) is 0 Å². The Morgan fingerprint density at radius 2 is 2.00 bits per heavy atom. The van der Waals surface area contributed by atoms with Gasteiger partial charge in [0, 0.05) is 16.1 Å². The molecule has 1 aromatic carbocycles. The summed E-state index contributed by atoms with van der Waals surface area (Å²) in [5.74, 6) is 0. The summed E-state index contributed by atoms with van der Waals surface area (Å²) in [6.07, 6.45) is -0.661. The molecule has 0 atom stereocenters. The highest BCUT2D eigenvalue weighted by atomic mass is 79.9. The summed E-state index contributed by atoms with van der Waals surface area (Å²) in [4.78, 5) is 22.0. The maximum Gasteiger partial charge on any atom is 0.412 e. The van der Waals surface area contributed by atoms with Crippen LogP contribution in [-0.4, -0.2) is 16.6 Å². The fraction of sp³-hybridized carbons (Fsp3) is 0.417. The molecule has 0 radical (unpaired) electrons. The van der Waals surface area contributed by atoms with Crippen LogP contribution in [0.25, 0.3) is 0 Å². The largest absolute Gasteiger partial charge is 0.444 e. The first-order valence-electron chi connectivity index (χ1n) is 5.54. The zero-order chi connectivity index (χ0) is 14.8. The van der Waals surface area contributed by atoms with E-state index in [-0.39, 0.29) is 5.69 Å². The number of aryl methyl sites for hydroxylation is 1. The fourth-order valence-corrected chi connectivity index (χ4v) is 1.92. The predicted octanol–water partition coefficient (Wildman–Crippen LogP) is 4.01. The summed E-state index contributed by atoms with van der Waals surface area (Å²) in [6, 6.07) is 2.87. The molecule has 0 fully saturated rings. The van der Waals surface area contributed by atoms with Crippen molar-refractivity contribution in [3.8, 4) is 0 Å². The number of carbonyl (C=O) groups excluding carboxylic acids is 1.